The summed E-state index contributed by atoms with van der Waals surface area (Å²) in [7, 11) is 0. The monoisotopic (exact) mass is 239 g/mol. The Morgan fingerprint density at radius 1 is 1.53 bits per heavy atom. The van der Waals surface area contributed by atoms with Crippen LogP contribution in [0.4, 0.5) is 0 Å². The van der Waals surface area contributed by atoms with Crippen LogP contribution in [0.15, 0.2) is 0 Å². The number of piperidine rings is 1. The molecule has 0 spiro atoms. The highest BCUT2D eigenvalue weighted by Crippen LogP contribution is 2.24. The number of likely N-dealkylation sites (tertiary alicyclic amines) is 1. The lowest BCUT2D eigenvalue weighted by Gasteiger charge is -2.40. The fourth-order valence-electron chi connectivity index (χ4n) is 2.88. The highest BCUT2D eigenvalue weighted by Gasteiger charge is 2.36. The Balaban J connectivity index is 2.04. The van der Waals surface area contributed by atoms with Crippen LogP contribution in [0, 0.1) is 5.92 Å². The molecule has 0 aromatic heterocycles. The molecular formula is C12H21N3O2. The Bertz CT molecular complexity index is 319. The van der Waals surface area contributed by atoms with Gasteiger partial charge in [-0.15, -0.1) is 0 Å². The van der Waals surface area contributed by atoms with Crippen LogP contribution in [0.3, 0.4) is 0 Å². The second-order valence-electron chi connectivity index (χ2n) is 5.11. The molecule has 2 rings (SSSR count). The molecule has 2 unspecified atom stereocenters. The first-order valence-corrected chi connectivity index (χ1v) is 6.43. The van der Waals surface area contributed by atoms with Crippen molar-refractivity contribution in [2.24, 2.45) is 11.7 Å². The van der Waals surface area contributed by atoms with Crippen LogP contribution >= 0.6 is 0 Å². The minimum Gasteiger partial charge on any atom is -0.344 e. The Morgan fingerprint density at radius 2 is 2.29 bits per heavy atom. The molecular weight excluding hydrogens is 218 g/mol. The Kier molecular flexibility index (Phi) is 3.66. The van der Waals surface area contributed by atoms with Gasteiger partial charge in [-0.05, 0) is 25.2 Å². The van der Waals surface area contributed by atoms with Gasteiger partial charge in [-0.1, -0.05) is 6.92 Å². The van der Waals surface area contributed by atoms with Crippen molar-refractivity contribution >= 4 is 11.8 Å². The molecule has 2 saturated heterocycles. The third-order valence-electron chi connectivity index (χ3n) is 3.93. The summed E-state index contributed by atoms with van der Waals surface area (Å²) in [6, 6.07) is -0.185. The molecule has 5 heteroatoms. The van der Waals surface area contributed by atoms with Crippen molar-refractivity contribution in [3.05, 3.63) is 0 Å². The lowest BCUT2D eigenvalue weighted by atomic mass is 9.90. The summed E-state index contributed by atoms with van der Waals surface area (Å²) in [6.07, 6.45) is 3.25. The van der Waals surface area contributed by atoms with E-state index in [-0.39, 0.29) is 23.9 Å². The zero-order valence-electron chi connectivity index (χ0n) is 10.3. The number of carbonyl (C=O) groups is 2. The Labute approximate surface area is 102 Å². The molecule has 3 atom stereocenters. The first-order chi connectivity index (χ1) is 8.13. The largest absolute Gasteiger partial charge is 0.344 e. The third kappa shape index (κ3) is 2.44. The molecule has 96 valence electrons. The van der Waals surface area contributed by atoms with Crippen LogP contribution in [-0.4, -0.2) is 41.9 Å². The molecule has 2 aliphatic heterocycles. The number of nitrogens with one attached hydrogen (secondary N) is 1. The summed E-state index contributed by atoms with van der Waals surface area (Å²) in [6.45, 7) is 3.43. The van der Waals surface area contributed by atoms with Crippen LogP contribution in [0.1, 0.15) is 32.6 Å². The van der Waals surface area contributed by atoms with Crippen molar-refractivity contribution in [2.75, 3.05) is 13.1 Å². The minimum absolute atomic E-state index is 0.0160. The van der Waals surface area contributed by atoms with Gasteiger partial charge in [0.2, 0.25) is 11.8 Å². The molecule has 0 aliphatic carbocycles. The summed E-state index contributed by atoms with van der Waals surface area (Å²) >= 11 is 0. The first-order valence-electron chi connectivity index (χ1n) is 6.43. The maximum Gasteiger partial charge on any atom is 0.245 e. The van der Waals surface area contributed by atoms with Crippen molar-refractivity contribution in [1.29, 1.82) is 0 Å². The molecule has 2 amide bonds. The van der Waals surface area contributed by atoms with Crippen molar-refractivity contribution in [3.63, 3.8) is 0 Å². The zero-order valence-corrected chi connectivity index (χ0v) is 10.3. The van der Waals surface area contributed by atoms with Crippen molar-refractivity contribution in [2.45, 2.75) is 44.7 Å². The van der Waals surface area contributed by atoms with Crippen molar-refractivity contribution in [1.82, 2.24) is 10.2 Å². The van der Waals surface area contributed by atoms with E-state index < -0.39 is 0 Å². The van der Waals surface area contributed by atoms with Gasteiger partial charge in [0.05, 0.1) is 0 Å². The SMILES string of the molecule is CC1CCCN(C(=O)[C@@H]2CCC(=O)N2)C1CN. The summed E-state index contributed by atoms with van der Waals surface area (Å²) < 4.78 is 0. The lowest BCUT2D eigenvalue weighted by Crippen LogP contribution is -2.55. The highest BCUT2D eigenvalue weighted by atomic mass is 16.2. The Morgan fingerprint density at radius 3 is 2.88 bits per heavy atom. The van der Waals surface area contributed by atoms with Gasteiger partial charge < -0.3 is 16.0 Å². The summed E-state index contributed by atoms with van der Waals surface area (Å²) in [5.74, 6) is 0.491. The van der Waals surface area contributed by atoms with Crippen LogP contribution in [0.5, 0.6) is 0 Å². The van der Waals surface area contributed by atoms with Gasteiger partial charge in [0, 0.05) is 25.6 Å². The molecule has 0 aromatic rings. The number of nitrogens with two attached hydrogens (primary N) is 1. The molecule has 2 fully saturated rings. The van der Waals surface area contributed by atoms with Gasteiger partial charge in [0.25, 0.3) is 0 Å². The number of carbonyl (C=O) groups excluding carboxylic acids is 2. The summed E-state index contributed by atoms with van der Waals surface area (Å²) in [5, 5.41) is 2.74. The predicted octanol–water partition coefficient (Wildman–Crippen LogP) is -0.149. The average Bonchev–Trinajstić information content (AvgIpc) is 2.74. The molecule has 17 heavy (non-hydrogen) atoms. The van der Waals surface area contributed by atoms with Gasteiger partial charge in [-0.25, -0.2) is 0 Å². The number of rotatable bonds is 2. The maximum absolute atomic E-state index is 12.3. The number of hydrogen-bond acceptors (Lipinski definition) is 3. The predicted molar refractivity (Wildman–Crippen MR) is 64.1 cm³/mol. The fourth-order valence-corrected chi connectivity index (χ4v) is 2.88. The molecule has 2 heterocycles. The topological polar surface area (TPSA) is 75.4 Å². The van der Waals surface area contributed by atoms with Crippen LogP contribution in [0.2, 0.25) is 0 Å². The second kappa shape index (κ2) is 5.04. The second-order valence-corrected chi connectivity index (χ2v) is 5.11. The minimum atomic E-state index is -0.318. The standard InChI is InChI=1S/C12H21N3O2/c1-8-3-2-6-15(10(8)7-13)12(17)9-4-5-11(16)14-9/h8-10H,2-7,13H2,1H3,(H,14,16)/t8?,9-,10?/m0/s1. The lowest BCUT2D eigenvalue weighted by molar-refractivity contribution is -0.138. The van der Waals surface area contributed by atoms with Gasteiger partial charge in [0.1, 0.15) is 6.04 Å². The first kappa shape index (κ1) is 12.4. The van der Waals surface area contributed by atoms with E-state index in [4.69, 9.17) is 5.73 Å². The van der Waals surface area contributed by atoms with E-state index >= 15 is 0 Å². The summed E-state index contributed by atoms with van der Waals surface area (Å²) in [4.78, 5) is 25.3. The molecule has 0 radical (unpaired) electrons. The van der Waals surface area contributed by atoms with E-state index in [9.17, 15) is 9.59 Å². The number of nitrogens with zero attached hydrogens (tertiary/aromatic N) is 1. The number of amides is 2. The maximum atomic E-state index is 12.3. The molecule has 3 N–H and O–H groups in total. The van der Waals surface area contributed by atoms with E-state index in [2.05, 4.69) is 12.2 Å². The van der Waals surface area contributed by atoms with E-state index in [0.717, 1.165) is 19.4 Å². The molecule has 0 bridgehead atoms. The van der Waals surface area contributed by atoms with E-state index in [1.165, 1.54) is 0 Å². The molecule has 2 aliphatic rings. The normalized spacial score (nSPS) is 33.6. The highest BCUT2D eigenvalue weighted by molar-refractivity contribution is 5.91. The average molecular weight is 239 g/mol. The van der Waals surface area contributed by atoms with Gasteiger partial charge in [0.15, 0.2) is 0 Å². The quantitative estimate of drug-likeness (QED) is 0.703. The third-order valence-corrected chi connectivity index (χ3v) is 3.93. The van der Waals surface area contributed by atoms with E-state index in [0.29, 0.717) is 25.3 Å². The smallest absolute Gasteiger partial charge is 0.245 e. The van der Waals surface area contributed by atoms with Gasteiger partial charge >= 0.3 is 0 Å². The number of hydrogen-bond donors (Lipinski definition) is 2. The molecule has 5 nitrogen and oxygen atoms in total. The van der Waals surface area contributed by atoms with E-state index in [1.807, 2.05) is 4.90 Å². The van der Waals surface area contributed by atoms with Crippen molar-refractivity contribution in [3.8, 4) is 0 Å². The van der Waals surface area contributed by atoms with Crippen LogP contribution < -0.4 is 11.1 Å². The van der Waals surface area contributed by atoms with Gasteiger partial charge in [-0.2, -0.15) is 0 Å². The van der Waals surface area contributed by atoms with Crippen LogP contribution in [-0.2, 0) is 9.59 Å². The van der Waals surface area contributed by atoms with Crippen molar-refractivity contribution < 1.29 is 9.59 Å². The van der Waals surface area contributed by atoms with Gasteiger partial charge in [-0.3, -0.25) is 9.59 Å². The van der Waals surface area contributed by atoms with E-state index in [1.54, 1.807) is 0 Å². The molecule has 0 aromatic carbocycles. The zero-order chi connectivity index (χ0) is 12.4. The summed E-state index contributed by atoms with van der Waals surface area (Å²) in [5.41, 5.74) is 5.77. The fraction of sp³-hybridized carbons (Fsp3) is 0.833. The van der Waals surface area contributed by atoms with Crippen LogP contribution in [0.25, 0.3) is 0 Å². The molecule has 0 saturated carbocycles. The Hall–Kier alpha value is -1.10.